The van der Waals surface area contributed by atoms with E-state index in [1.165, 1.54) is 0 Å². The van der Waals surface area contributed by atoms with Gasteiger partial charge in [0.25, 0.3) is 0 Å². The van der Waals surface area contributed by atoms with Crippen molar-refractivity contribution >= 4 is 33.6 Å². The van der Waals surface area contributed by atoms with Crippen LogP contribution in [0.15, 0.2) is 480 Å². The standard InChI is InChI=1S/C49H32N5.C37H26NO.C36H24NO.3Ir/c1-3-19-41(20-4-1)53-46-26-9-7-24-44(46)51-48(53)39-31-38(36-17-13-15-34(29-36)35-16-14-18-37(30-35)43-23-11-12-28-50-43)32-40(33-39)49-52-45-25-8-10-27-47(45)54(49)42-21-5-2-6-22-42;1-26-18-19-30(36-17-8-9-20-38-36)25-35(26)29-15-10-16-31(21-29)37(39)34-23-32(27-11-4-2-5-12-27)22-33(24-34)28-13-6-3-7-14-28;38-36(31-18-10-16-29(22-31)28-15-9-17-30(21-28)35-19-7-8-20-37-35)34-24-32(26-11-3-1-4-12-26)23-33(25-34)27-13-5-2-6-14-27;;;/h1-17,19-33H;2-18,20-25H,1H3;1-16,18-25H;;;/q3*-1;;;. The van der Waals surface area contributed by atoms with Crippen LogP contribution in [0, 0.1) is 25.1 Å². The van der Waals surface area contributed by atoms with Crippen molar-refractivity contribution in [3.05, 3.63) is 526 Å². The molecule has 5 heterocycles. The van der Waals surface area contributed by atoms with Crippen LogP contribution >= 0.6 is 0 Å². The van der Waals surface area contributed by atoms with E-state index in [1.54, 1.807) is 12.4 Å². The number of fused-ring (bicyclic) bond motifs is 2. The number of hydrogen-bond acceptors (Lipinski definition) is 7. The van der Waals surface area contributed by atoms with Crippen LogP contribution in [0.3, 0.4) is 0 Å². The molecule has 0 saturated carbocycles. The minimum absolute atomic E-state index is 0. The number of hydrogen-bond donors (Lipinski definition) is 0. The summed E-state index contributed by atoms with van der Waals surface area (Å²) in [5.74, 6) is 1.72. The number of benzene rings is 17. The van der Waals surface area contributed by atoms with Crippen molar-refractivity contribution in [3.63, 3.8) is 0 Å². The average molecular weight is 2250 g/mol. The summed E-state index contributed by atoms with van der Waals surface area (Å²) in [5, 5.41) is 0. The van der Waals surface area contributed by atoms with Crippen LogP contribution < -0.4 is 0 Å². The van der Waals surface area contributed by atoms with Gasteiger partial charge < -0.3 is 15.0 Å². The molecule has 3 radical (unpaired) electrons. The maximum absolute atomic E-state index is 14.0. The molecule has 0 aliphatic rings. The van der Waals surface area contributed by atoms with Crippen LogP contribution in [0.1, 0.15) is 37.4 Å². The number of para-hydroxylation sites is 6. The van der Waals surface area contributed by atoms with Crippen molar-refractivity contribution in [1.29, 1.82) is 0 Å². The van der Waals surface area contributed by atoms with Crippen molar-refractivity contribution in [3.8, 4) is 157 Å². The molecule has 0 saturated heterocycles. The Kier molecular flexibility index (Phi) is 28.4. The SMILES string of the molecule is Cc1c[c-]c(-c2ccccn2)cc1-c1cccc(C(=O)c2cc(-c3ccccc3)cc(-c3ccccc3)c2)c1.O=C(c1cccc(-c2cc[c-]c(-c3ccccn3)c2)c1)c1cc(-c2ccccc2)cc(-c2ccccc2)c1.[Ir].[Ir].[Ir].[c-]1ccc(-c2cccc(-c3cc(-c4nc5ccccc5n4-c4ccccc4)cc(-c4nc5ccccc5n4-c4ccccc4)c3)c2)cc1-c1ccccn1. The van der Waals surface area contributed by atoms with Gasteiger partial charge in [0.1, 0.15) is 11.6 Å². The number of aromatic nitrogens is 7. The molecular formula is C122H82Ir3N7O2-3. The minimum Gasteiger partial charge on any atom is -0.305 e. The van der Waals surface area contributed by atoms with Crippen LogP contribution in [-0.4, -0.2) is 45.6 Å². The normalized spacial score (nSPS) is 10.8. The summed E-state index contributed by atoms with van der Waals surface area (Å²) in [6.07, 6.45) is 5.39. The summed E-state index contributed by atoms with van der Waals surface area (Å²) < 4.78 is 4.52. The van der Waals surface area contributed by atoms with Gasteiger partial charge in [0.2, 0.25) is 0 Å². The second-order valence-corrected chi connectivity index (χ2v) is 32.0. The second kappa shape index (κ2) is 42.1. The van der Waals surface area contributed by atoms with Gasteiger partial charge in [-0.3, -0.25) is 18.7 Å². The maximum atomic E-state index is 14.0. The van der Waals surface area contributed by atoms with Gasteiger partial charge in [-0.2, -0.15) is 0 Å². The third-order valence-corrected chi connectivity index (χ3v) is 23.4. The molecule has 0 amide bonds. The summed E-state index contributed by atoms with van der Waals surface area (Å²) in [7, 11) is 0. The fourth-order valence-corrected chi connectivity index (χ4v) is 16.9. The van der Waals surface area contributed by atoms with Gasteiger partial charge >= 0.3 is 0 Å². The molecule has 0 spiro atoms. The molecule has 0 unspecified atom stereocenters. The molecular weight excluding hydrogens is 2170 g/mol. The first kappa shape index (κ1) is 90.4. The molecule has 0 fully saturated rings. The third kappa shape index (κ3) is 20.2. The van der Waals surface area contributed by atoms with E-state index < -0.39 is 0 Å². The predicted molar refractivity (Wildman–Crippen MR) is 534 cm³/mol. The molecule has 0 atom stereocenters. The minimum atomic E-state index is -0.00532. The molecule has 0 aliphatic heterocycles. The zero-order chi connectivity index (χ0) is 88.2. The summed E-state index contributed by atoms with van der Waals surface area (Å²) in [6, 6.07) is 166. The fraction of sp³-hybridized carbons (Fsp3) is 0.00820. The smallest absolute Gasteiger partial charge is 0.193 e. The van der Waals surface area contributed by atoms with Crippen molar-refractivity contribution in [1.82, 2.24) is 34.1 Å². The van der Waals surface area contributed by atoms with Crippen LogP contribution in [-0.2, 0) is 60.3 Å². The molecule has 647 valence electrons. The van der Waals surface area contributed by atoms with Crippen LogP contribution in [0.25, 0.3) is 179 Å². The summed E-state index contributed by atoms with van der Waals surface area (Å²) in [6.45, 7) is 2.07. The number of carbonyl (C=O) groups excluding carboxylic acids is 2. The second-order valence-electron chi connectivity index (χ2n) is 32.0. The number of carbonyl (C=O) groups is 2. The number of aryl methyl sites for hydroxylation is 1. The van der Waals surface area contributed by atoms with Crippen molar-refractivity contribution in [2.45, 2.75) is 6.92 Å². The number of nitrogens with zero attached hydrogens (tertiary/aromatic N) is 7. The van der Waals surface area contributed by atoms with Crippen molar-refractivity contribution in [2.75, 3.05) is 0 Å². The van der Waals surface area contributed by atoms with E-state index in [1.807, 2.05) is 249 Å². The van der Waals surface area contributed by atoms with Gasteiger partial charge in [-0.05, 0) is 229 Å². The van der Waals surface area contributed by atoms with Gasteiger partial charge in [-0.25, -0.2) is 9.97 Å². The quantitative estimate of drug-likeness (QED) is 0.0586. The van der Waals surface area contributed by atoms with Gasteiger partial charge in [0.05, 0.1) is 22.1 Å². The molecule has 9 nitrogen and oxygen atoms in total. The zero-order valence-electron chi connectivity index (χ0n) is 72.6. The van der Waals surface area contributed by atoms with Gasteiger partial charge in [0, 0.05) is 124 Å². The van der Waals surface area contributed by atoms with Crippen molar-refractivity contribution < 1.29 is 69.9 Å². The van der Waals surface area contributed by atoms with E-state index in [4.69, 9.17) is 9.97 Å². The Hall–Kier alpha value is -15.6. The van der Waals surface area contributed by atoms with Gasteiger partial charge in [-0.1, -0.05) is 285 Å². The molecule has 22 rings (SSSR count). The van der Waals surface area contributed by atoms with Crippen LogP contribution in [0.2, 0.25) is 0 Å². The molecule has 0 N–H and O–H groups in total. The van der Waals surface area contributed by atoms with Gasteiger partial charge in [0.15, 0.2) is 11.6 Å². The Morgan fingerprint density at radius 3 is 0.933 bits per heavy atom. The molecule has 17 aromatic carbocycles. The molecule has 22 aromatic rings. The van der Waals surface area contributed by atoms with E-state index in [0.29, 0.717) is 22.3 Å². The van der Waals surface area contributed by atoms with E-state index in [2.05, 4.69) is 268 Å². The van der Waals surface area contributed by atoms with Crippen LogP contribution in [0.5, 0.6) is 0 Å². The van der Waals surface area contributed by atoms with E-state index in [9.17, 15) is 9.59 Å². The molecule has 0 bridgehead atoms. The number of pyridine rings is 3. The van der Waals surface area contributed by atoms with E-state index >= 15 is 0 Å². The Bertz CT molecular complexity index is 7610. The maximum Gasteiger partial charge on any atom is 0.193 e. The number of rotatable bonds is 19. The first-order valence-corrected chi connectivity index (χ1v) is 43.6. The Balaban J connectivity index is 0.000000142. The zero-order valence-corrected chi connectivity index (χ0v) is 79.7. The molecule has 134 heavy (non-hydrogen) atoms. The van der Waals surface area contributed by atoms with E-state index in [-0.39, 0.29) is 71.9 Å². The monoisotopic (exact) mass is 2260 g/mol. The third-order valence-electron chi connectivity index (χ3n) is 23.4. The Morgan fingerprint density at radius 2 is 0.530 bits per heavy atom. The summed E-state index contributed by atoms with van der Waals surface area (Å²) >= 11 is 0. The topological polar surface area (TPSA) is 108 Å². The molecule has 0 aliphatic carbocycles. The predicted octanol–water partition coefficient (Wildman–Crippen LogP) is 29.8. The number of ketones is 2. The first-order chi connectivity index (χ1) is 64.7. The number of imidazole rings is 2. The molecule has 12 heteroatoms. The fourth-order valence-electron chi connectivity index (χ4n) is 16.9. The Morgan fingerprint density at radius 1 is 0.239 bits per heavy atom. The largest absolute Gasteiger partial charge is 0.305 e. The Labute approximate surface area is 820 Å². The van der Waals surface area contributed by atoms with Crippen molar-refractivity contribution in [2.24, 2.45) is 0 Å². The van der Waals surface area contributed by atoms with E-state index in [0.717, 1.165) is 185 Å². The van der Waals surface area contributed by atoms with Crippen LogP contribution in [0.4, 0.5) is 0 Å². The first-order valence-electron chi connectivity index (χ1n) is 43.6. The average Bonchev–Trinajstić information content (AvgIpc) is 1.59. The van der Waals surface area contributed by atoms with Gasteiger partial charge in [-0.15, -0.1) is 100 Å². The summed E-state index contributed by atoms with van der Waals surface area (Å²) in [4.78, 5) is 51.9. The molecule has 5 aromatic heterocycles. The summed E-state index contributed by atoms with van der Waals surface area (Å²) in [5.41, 5.74) is 34.0.